The second kappa shape index (κ2) is 2.58. The maximum absolute atomic E-state index is 10.6. The number of rotatable bonds is 0. The van der Waals surface area contributed by atoms with Crippen LogP contribution >= 0.6 is 0 Å². The number of aliphatic hydroxyl groups excluding tert-OH is 2. The van der Waals surface area contributed by atoms with E-state index in [0.717, 1.165) is 0 Å². The van der Waals surface area contributed by atoms with E-state index in [1.807, 2.05) is 0 Å². The highest BCUT2D eigenvalue weighted by atomic mass is 16.3. The smallest absolute Gasteiger partial charge is 0.275 e. The van der Waals surface area contributed by atoms with Gasteiger partial charge in [0.15, 0.2) is 12.2 Å². The molecule has 2 atom stereocenters. The molecule has 12 heavy (non-hydrogen) atoms. The van der Waals surface area contributed by atoms with Gasteiger partial charge in [0.25, 0.3) is 11.6 Å². The second-order valence-corrected chi connectivity index (χ2v) is 2.28. The van der Waals surface area contributed by atoms with Gasteiger partial charge >= 0.3 is 0 Å². The van der Waals surface area contributed by atoms with Crippen LogP contribution in [0, 0.1) is 0 Å². The molecule has 1 rings (SSSR count). The number of hydrogen-bond donors (Lipinski definition) is 2. The SMILES string of the molecule is O=C1C(=O)C(=O)[C@H](O)[C@H](O)C1=O. The van der Waals surface area contributed by atoms with Gasteiger partial charge in [0, 0.05) is 0 Å². The van der Waals surface area contributed by atoms with Crippen LogP contribution in [0.15, 0.2) is 0 Å². The Kier molecular flexibility index (Phi) is 1.87. The van der Waals surface area contributed by atoms with Crippen LogP contribution in [0.1, 0.15) is 0 Å². The minimum Gasteiger partial charge on any atom is -0.382 e. The summed E-state index contributed by atoms with van der Waals surface area (Å²) in [7, 11) is 0. The van der Waals surface area contributed by atoms with Crippen molar-refractivity contribution in [1.29, 1.82) is 0 Å². The van der Waals surface area contributed by atoms with E-state index in [1.54, 1.807) is 0 Å². The van der Waals surface area contributed by atoms with Crippen LogP contribution in [0.3, 0.4) is 0 Å². The van der Waals surface area contributed by atoms with Crippen molar-refractivity contribution in [3.05, 3.63) is 0 Å². The standard InChI is InChI=1S/C6H4O6/c7-1-2(8)4(10)6(12)5(11)3(1)9/h1-2,7-8H/t1-,2+. The van der Waals surface area contributed by atoms with E-state index in [-0.39, 0.29) is 0 Å². The summed E-state index contributed by atoms with van der Waals surface area (Å²) in [6.45, 7) is 0. The Bertz CT molecular complexity index is 260. The first kappa shape index (κ1) is 8.69. The molecule has 6 heteroatoms. The lowest BCUT2D eigenvalue weighted by atomic mass is 9.90. The molecule has 0 saturated heterocycles. The zero-order valence-corrected chi connectivity index (χ0v) is 5.68. The number of hydrogen-bond acceptors (Lipinski definition) is 6. The van der Waals surface area contributed by atoms with Crippen molar-refractivity contribution in [2.45, 2.75) is 12.2 Å². The van der Waals surface area contributed by atoms with Gasteiger partial charge in [-0.2, -0.15) is 0 Å². The molecular weight excluding hydrogens is 168 g/mol. The molecule has 0 amide bonds. The first-order chi connectivity index (χ1) is 5.46. The van der Waals surface area contributed by atoms with Crippen molar-refractivity contribution in [2.75, 3.05) is 0 Å². The van der Waals surface area contributed by atoms with Crippen LogP contribution in [0.5, 0.6) is 0 Å². The van der Waals surface area contributed by atoms with Gasteiger partial charge in [0.05, 0.1) is 0 Å². The Hall–Kier alpha value is -1.40. The maximum atomic E-state index is 10.6. The van der Waals surface area contributed by atoms with E-state index >= 15 is 0 Å². The maximum Gasteiger partial charge on any atom is 0.275 e. The monoisotopic (exact) mass is 172 g/mol. The number of ketones is 4. The van der Waals surface area contributed by atoms with E-state index in [0.29, 0.717) is 0 Å². The van der Waals surface area contributed by atoms with Gasteiger partial charge in [0.2, 0.25) is 11.6 Å². The van der Waals surface area contributed by atoms with Gasteiger partial charge in [0.1, 0.15) is 0 Å². The van der Waals surface area contributed by atoms with Crippen molar-refractivity contribution in [1.82, 2.24) is 0 Å². The molecule has 2 N–H and O–H groups in total. The number of aliphatic hydroxyl groups is 2. The summed E-state index contributed by atoms with van der Waals surface area (Å²) in [5, 5.41) is 17.4. The Morgan fingerprint density at radius 3 is 1.25 bits per heavy atom. The minimum absolute atomic E-state index is 1.44. The molecule has 6 nitrogen and oxygen atoms in total. The molecule has 0 spiro atoms. The fourth-order valence-electron chi connectivity index (χ4n) is 0.779. The van der Waals surface area contributed by atoms with Gasteiger partial charge in [-0.05, 0) is 0 Å². The quantitative estimate of drug-likeness (QED) is 0.377. The normalized spacial score (nSPS) is 31.2. The summed E-state index contributed by atoms with van der Waals surface area (Å²) in [5.41, 5.74) is 0. The molecule has 64 valence electrons. The molecule has 1 aliphatic rings. The molecule has 1 saturated carbocycles. The topological polar surface area (TPSA) is 109 Å². The third-order valence-corrected chi connectivity index (χ3v) is 1.49. The summed E-state index contributed by atoms with van der Waals surface area (Å²) in [6.07, 6.45) is -4.19. The first-order valence-electron chi connectivity index (χ1n) is 2.99. The fraction of sp³-hybridized carbons (Fsp3) is 0.333. The van der Waals surface area contributed by atoms with Crippen LogP contribution in [0.4, 0.5) is 0 Å². The van der Waals surface area contributed by atoms with E-state index in [2.05, 4.69) is 0 Å². The van der Waals surface area contributed by atoms with Gasteiger partial charge in [-0.3, -0.25) is 19.2 Å². The number of carbonyl (C=O) groups excluding carboxylic acids is 4. The van der Waals surface area contributed by atoms with Crippen LogP contribution in [0.25, 0.3) is 0 Å². The lowest BCUT2D eigenvalue weighted by Gasteiger charge is -2.17. The van der Waals surface area contributed by atoms with E-state index in [9.17, 15) is 19.2 Å². The first-order valence-corrected chi connectivity index (χ1v) is 2.99. The molecule has 1 aliphatic carbocycles. The molecule has 0 aromatic carbocycles. The third-order valence-electron chi connectivity index (χ3n) is 1.49. The Morgan fingerprint density at radius 1 is 0.750 bits per heavy atom. The Labute approximate surface area is 65.8 Å². The molecule has 0 bridgehead atoms. The molecule has 0 unspecified atom stereocenters. The summed E-state index contributed by atoms with van der Waals surface area (Å²) >= 11 is 0. The number of Topliss-reactive ketones (excluding diaryl/α,β-unsaturated/α-hetero) is 4. The summed E-state index contributed by atoms with van der Waals surface area (Å²) in [6, 6.07) is 0. The largest absolute Gasteiger partial charge is 0.382 e. The van der Waals surface area contributed by atoms with Gasteiger partial charge in [-0.15, -0.1) is 0 Å². The predicted octanol–water partition coefficient (Wildman–Crippen LogP) is -3.00. The Balaban J connectivity index is 3.07. The van der Waals surface area contributed by atoms with Gasteiger partial charge in [-0.1, -0.05) is 0 Å². The van der Waals surface area contributed by atoms with E-state index in [4.69, 9.17) is 10.2 Å². The zero-order valence-electron chi connectivity index (χ0n) is 5.68. The zero-order chi connectivity index (χ0) is 9.46. The van der Waals surface area contributed by atoms with Crippen molar-refractivity contribution in [3.8, 4) is 0 Å². The highest BCUT2D eigenvalue weighted by Gasteiger charge is 2.47. The van der Waals surface area contributed by atoms with Crippen molar-refractivity contribution in [2.24, 2.45) is 0 Å². The van der Waals surface area contributed by atoms with Gasteiger partial charge in [-0.25, -0.2) is 0 Å². The van der Waals surface area contributed by atoms with Crippen LogP contribution < -0.4 is 0 Å². The fourth-order valence-corrected chi connectivity index (χ4v) is 0.779. The average Bonchev–Trinajstić information content (AvgIpc) is 2.08. The lowest BCUT2D eigenvalue weighted by molar-refractivity contribution is -0.162. The second-order valence-electron chi connectivity index (χ2n) is 2.28. The summed E-state index contributed by atoms with van der Waals surface area (Å²) < 4.78 is 0. The molecule has 0 aromatic heterocycles. The highest BCUT2D eigenvalue weighted by Crippen LogP contribution is 2.06. The van der Waals surface area contributed by atoms with E-state index < -0.39 is 35.3 Å². The van der Waals surface area contributed by atoms with Crippen molar-refractivity contribution >= 4 is 23.1 Å². The van der Waals surface area contributed by atoms with Crippen molar-refractivity contribution in [3.63, 3.8) is 0 Å². The molecule has 0 aromatic rings. The van der Waals surface area contributed by atoms with Gasteiger partial charge < -0.3 is 10.2 Å². The average molecular weight is 172 g/mol. The molecule has 1 fully saturated rings. The van der Waals surface area contributed by atoms with Crippen LogP contribution in [0.2, 0.25) is 0 Å². The van der Waals surface area contributed by atoms with Crippen LogP contribution in [-0.4, -0.2) is 45.6 Å². The third kappa shape index (κ3) is 0.973. The van der Waals surface area contributed by atoms with Crippen molar-refractivity contribution < 1.29 is 29.4 Å². The number of carbonyl (C=O) groups is 4. The predicted molar refractivity (Wildman–Crippen MR) is 32.0 cm³/mol. The molecule has 0 aliphatic heterocycles. The summed E-state index contributed by atoms with van der Waals surface area (Å²) in [4.78, 5) is 42.1. The minimum atomic E-state index is -2.09. The molecule has 0 heterocycles. The Morgan fingerprint density at radius 2 is 1.00 bits per heavy atom. The van der Waals surface area contributed by atoms with E-state index in [1.165, 1.54) is 0 Å². The highest BCUT2D eigenvalue weighted by molar-refractivity contribution is 6.81. The molecule has 0 radical (unpaired) electrons. The molecular formula is C6H4O6. The lowest BCUT2D eigenvalue weighted by Crippen LogP contribution is -2.54. The van der Waals surface area contributed by atoms with Crippen LogP contribution in [-0.2, 0) is 19.2 Å². The summed E-state index contributed by atoms with van der Waals surface area (Å²) in [5.74, 6) is -6.02.